The van der Waals surface area contributed by atoms with Gasteiger partial charge in [-0.2, -0.15) is 0 Å². The van der Waals surface area contributed by atoms with E-state index in [0.29, 0.717) is 11.7 Å². The molecule has 0 unspecified atom stereocenters. The first-order valence-electron chi connectivity index (χ1n) is 4.93. The van der Waals surface area contributed by atoms with Crippen LogP contribution in [0.4, 0.5) is 0 Å². The topological polar surface area (TPSA) is 46.5 Å². The molecular weight excluding hydrogens is 192 g/mol. The Kier molecular flexibility index (Phi) is 3.72. The summed E-state index contributed by atoms with van der Waals surface area (Å²) in [6.07, 6.45) is 0.00154. The third-order valence-corrected chi connectivity index (χ3v) is 2.32. The second-order valence-electron chi connectivity index (χ2n) is 3.80. The molecular formula is C12H16O3. The molecule has 82 valence electrons. The van der Waals surface area contributed by atoms with Crippen LogP contribution >= 0.6 is 0 Å². The molecule has 0 aliphatic rings. The summed E-state index contributed by atoms with van der Waals surface area (Å²) in [5, 5.41) is 8.71. The highest BCUT2D eigenvalue weighted by molar-refractivity contribution is 5.71. The zero-order valence-electron chi connectivity index (χ0n) is 9.28. The van der Waals surface area contributed by atoms with Crippen molar-refractivity contribution in [3.63, 3.8) is 0 Å². The number of benzene rings is 1. The molecule has 0 atom stereocenters. The standard InChI is InChI=1S/C12H16O3/c1-8(2)9-4-5-10(7-12(13)14)11(6-9)15-3/h4-6,8H,7H2,1-3H3,(H,13,14). The highest BCUT2D eigenvalue weighted by atomic mass is 16.5. The maximum atomic E-state index is 10.6. The van der Waals surface area contributed by atoms with Gasteiger partial charge in [0.15, 0.2) is 0 Å². The number of carbonyl (C=O) groups is 1. The van der Waals surface area contributed by atoms with Crippen molar-refractivity contribution >= 4 is 5.97 Å². The lowest BCUT2D eigenvalue weighted by molar-refractivity contribution is -0.136. The lowest BCUT2D eigenvalue weighted by Crippen LogP contribution is -2.03. The predicted molar refractivity (Wildman–Crippen MR) is 58.4 cm³/mol. The van der Waals surface area contributed by atoms with E-state index in [4.69, 9.17) is 9.84 Å². The van der Waals surface area contributed by atoms with Crippen LogP contribution in [0, 0.1) is 0 Å². The highest BCUT2D eigenvalue weighted by Gasteiger charge is 2.09. The molecule has 0 fully saturated rings. The van der Waals surface area contributed by atoms with Gasteiger partial charge in [-0.25, -0.2) is 0 Å². The number of methoxy groups -OCH3 is 1. The molecule has 0 amide bonds. The van der Waals surface area contributed by atoms with E-state index in [9.17, 15) is 4.79 Å². The molecule has 1 aromatic rings. The van der Waals surface area contributed by atoms with Crippen molar-refractivity contribution in [1.29, 1.82) is 0 Å². The Hall–Kier alpha value is -1.51. The maximum Gasteiger partial charge on any atom is 0.307 e. The number of ether oxygens (including phenoxy) is 1. The van der Waals surface area contributed by atoms with Crippen LogP contribution in [-0.2, 0) is 11.2 Å². The predicted octanol–water partition coefficient (Wildman–Crippen LogP) is 2.45. The van der Waals surface area contributed by atoms with Crippen molar-refractivity contribution in [3.8, 4) is 5.75 Å². The smallest absolute Gasteiger partial charge is 0.307 e. The van der Waals surface area contributed by atoms with E-state index in [1.807, 2.05) is 18.2 Å². The molecule has 0 heterocycles. The molecule has 0 saturated carbocycles. The Morgan fingerprint density at radius 1 is 1.47 bits per heavy atom. The largest absolute Gasteiger partial charge is 0.496 e. The number of hydrogen-bond donors (Lipinski definition) is 1. The minimum absolute atomic E-state index is 0.00154. The van der Waals surface area contributed by atoms with Gasteiger partial charge in [0.1, 0.15) is 5.75 Å². The summed E-state index contributed by atoms with van der Waals surface area (Å²) in [5.41, 5.74) is 1.87. The zero-order chi connectivity index (χ0) is 11.4. The van der Waals surface area contributed by atoms with Crippen molar-refractivity contribution in [2.75, 3.05) is 7.11 Å². The van der Waals surface area contributed by atoms with Gasteiger partial charge in [-0.3, -0.25) is 4.79 Å². The Bertz CT molecular complexity index is 356. The summed E-state index contributed by atoms with van der Waals surface area (Å²) in [5.74, 6) is 0.229. The van der Waals surface area contributed by atoms with Crippen LogP contribution in [0.1, 0.15) is 30.9 Å². The SMILES string of the molecule is COc1cc(C(C)C)ccc1CC(=O)O. The number of carboxylic acids is 1. The first-order valence-corrected chi connectivity index (χ1v) is 4.93. The van der Waals surface area contributed by atoms with E-state index in [1.165, 1.54) is 0 Å². The van der Waals surface area contributed by atoms with Gasteiger partial charge in [0.25, 0.3) is 0 Å². The number of rotatable bonds is 4. The molecule has 0 aliphatic carbocycles. The molecule has 0 radical (unpaired) electrons. The minimum Gasteiger partial charge on any atom is -0.496 e. The first kappa shape index (κ1) is 11.6. The van der Waals surface area contributed by atoms with E-state index in [2.05, 4.69) is 13.8 Å². The molecule has 0 bridgehead atoms. The van der Waals surface area contributed by atoms with E-state index in [1.54, 1.807) is 7.11 Å². The number of aliphatic carboxylic acids is 1. The van der Waals surface area contributed by atoms with Crippen molar-refractivity contribution in [3.05, 3.63) is 29.3 Å². The van der Waals surface area contributed by atoms with E-state index in [0.717, 1.165) is 11.1 Å². The summed E-state index contributed by atoms with van der Waals surface area (Å²) in [7, 11) is 1.56. The third-order valence-electron chi connectivity index (χ3n) is 2.32. The summed E-state index contributed by atoms with van der Waals surface area (Å²) in [6, 6.07) is 5.68. The van der Waals surface area contributed by atoms with Gasteiger partial charge in [-0.05, 0) is 17.5 Å². The molecule has 3 heteroatoms. The van der Waals surface area contributed by atoms with Crippen molar-refractivity contribution in [1.82, 2.24) is 0 Å². The number of hydrogen-bond acceptors (Lipinski definition) is 2. The molecule has 1 N–H and O–H groups in total. The summed E-state index contributed by atoms with van der Waals surface area (Å²) in [4.78, 5) is 10.6. The first-order chi connectivity index (χ1) is 7.04. The van der Waals surface area contributed by atoms with Crippen LogP contribution in [0.25, 0.3) is 0 Å². The quantitative estimate of drug-likeness (QED) is 0.826. The average Bonchev–Trinajstić information content (AvgIpc) is 2.17. The van der Waals surface area contributed by atoms with Gasteiger partial charge in [-0.15, -0.1) is 0 Å². The molecule has 1 aromatic carbocycles. The molecule has 15 heavy (non-hydrogen) atoms. The van der Waals surface area contributed by atoms with Crippen LogP contribution in [0.15, 0.2) is 18.2 Å². The zero-order valence-corrected chi connectivity index (χ0v) is 9.28. The van der Waals surface area contributed by atoms with Crippen molar-refractivity contribution < 1.29 is 14.6 Å². The summed E-state index contributed by atoms with van der Waals surface area (Å²) < 4.78 is 5.17. The Morgan fingerprint density at radius 3 is 2.60 bits per heavy atom. The van der Waals surface area contributed by atoms with Crippen LogP contribution in [-0.4, -0.2) is 18.2 Å². The molecule has 1 rings (SSSR count). The molecule has 3 nitrogen and oxygen atoms in total. The lowest BCUT2D eigenvalue weighted by atomic mass is 10.00. The van der Waals surface area contributed by atoms with Crippen molar-refractivity contribution in [2.45, 2.75) is 26.2 Å². The van der Waals surface area contributed by atoms with Gasteiger partial charge in [0.05, 0.1) is 13.5 Å². The summed E-state index contributed by atoms with van der Waals surface area (Å²) >= 11 is 0. The number of carboxylic acid groups (broad SMARTS) is 1. The molecule has 0 aromatic heterocycles. The van der Waals surface area contributed by atoms with Gasteiger partial charge in [0, 0.05) is 5.56 Å². The Labute approximate surface area is 89.7 Å². The fourth-order valence-corrected chi connectivity index (χ4v) is 1.43. The second-order valence-corrected chi connectivity index (χ2v) is 3.80. The molecule has 0 spiro atoms. The van der Waals surface area contributed by atoms with Gasteiger partial charge in [0.2, 0.25) is 0 Å². The van der Waals surface area contributed by atoms with E-state index in [-0.39, 0.29) is 6.42 Å². The van der Waals surface area contributed by atoms with Crippen LogP contribution in [0.3, 0.4) is 0 Å². The van der Waals surface area contributed by atoms with Gasteiger partial charge < -0.3 is 9.84 Å². The average molecular weight is 208 g/mol. The highest BCUT2D eigenvalue weighted by Crippen LogP contribution is 2.24. The Balaban J connectivity index is 3.03. The van der Waals surface area contributed by atoms with E-state index >= 15 is 0 Å². The fraction of sp³-hybridized carbons (Fsp3) is 0.417. The molecule has 0 aliphatic heterocycles. The normalized spacial score (nSPS) is 10.4. The second kappa shape index (κ2) is 4.82. The van der Waals surface area contributed by atoms with Crippen molar-refractivity contribution in [2.24, 2.45) is 0 Å². The maximum absolute atomic E-state index is 10.6. The summed E-state index contributed by atoms with van der Waals surface area (Å²) in [6.45, 7) is 4.18. The van der Waals surface area contributed by atoms with Crippen LogP contribution in [0.5, 0.6) is 5.75 Å². The van der Waals surface area contributed by atoms with Gasteiger partial charge in [-0.1, -0.05) is 26.0 Å². The Morgan fingerprint density at radius 2 is 2.13 bits per heavy atom. The van der Waals surface area contributed by atoms with Crippen LogP contribution in [0.2, 0.25) is 0 Å². The van der Waals surface area contributed by atoms with E-state index < -0.39 is 5.97 Å². The van der Waals surface area contributed by atoms with Crippen LogP contribution < -0.4 is 4.74 Å². The molecule has 0 saturated heterocycles. The lowest BCUT2D eigenvalue weighted by Gasteiger charge is -2.11. The fourth-order valence-electron chi connectivity index (χ4n) is 1.43. The minimum atomic E-state index is -0.842. The third kappa shape index (κ3) is 2.98. The van der Waals surface area contributed by atoms with Gasteiger partial charge >= 0.3 is 5.97 Å². The monoisotopic (exact) mass is 208 g/mol.